The molecule has 1 fully saturated rings. The summed E-state index contributed by atoms with van der Waals surface area (Å²) in [7, 11) is 0. The van der Waals surface area contributed by atoms with E-state index in [9.17, 15) is 4.79 Å². The van der Waals surface area contributed by atoms with E-state index in [4.69, 9.17) is 0 Å². The lowest BCUT2D eigenvalue weighted by Crippen LogP contribution is -2.48. The smallest absolute Gasteiger partial charge is 0.222 e. The van der Waals surface area contributed by atoms with Crippen molar-refractivity contribution < 1.29 is 4.79 Å². The highest BCUT2D eigenvalue weighted by Crippen LogP contribution is 2.28. The Kier molecular flexibility index (Phi) is 4.86. The van der Waals surface area contributed by atoms with E-state index in [-0.39, 0.29) is 0 Å². The van der Waals surface area contributed by atoms with Gasteiger partial charge in [-0.05, 0) is 47.0 Å². The molecule has 1 aromatic rings. The van der Waals surface area contributed by atoms with Crippen molar-refractivity contribution in [1.29, 1.82) is 0 Å². The number of hydrogen-bond acceptors (Lipinski definition) is 2. The molecule has 0 unspecified atom stereocenters. The Labute approximate surface area is 123 Å². The maximum absolute atomic E-state index is 11.9. The number of benzene rings is 1. The molecule has 1 aliphatic rings. The predicted octanol–water partition coefficient (Wildman–Crippen LogP) is 3.21. The van der Waals surface area contributed by atoms with E-state index in [2.05, 4.69) is 52.9 Å². The number of rotatable bonds is 3. The van der Waals surface area contributed by atoms with Gasteiger partial charge in [0.05, 0.1) is 5.69 Å². The fourth-order valence-corrected chi connectivity index (χ4v) is 3.18. The second-order valence-electron chi connectivity index (χ2n) is 5.07. The van der Waals surface area contributed by atoms with E-state index in [1.165, 1.54) is 11.3 Å². The zero-order chi connectivity index (χ0) is 13.8. The Hall–Kier alpha value is -1.03. The Balaban J connectivity index is 1.98. The summed E-state index contributed by atoms with van der Waals surface area (Å²) < 4.78 is 1.14. The zero-order valence-corrected chi connectivity index (χ0v) is 13.2. The number of halogens is 1. The molecule has 0 N–H and O–H groups in total. The van der Waals surface area contributed by atoms with Gasteiger partial charge in [-0.15, -0.1) is 0 Å². The lowest BCUT2D eigenvalue weighted by Gasteiger charge is -2.36. The summed E-state index contributed by atoms with van der Waals surface area (Å²) >= 11 is 3.63. The first kappa shape index (κ1) is 14.4. The van der Waals surface area contributed by atoms with Crippen LogP contribution in [-0.4, -0.2) is 37.0 Å². The normalized spacial score (nSPS) is 15.7. The molecular weight excluding hydrogens is 304 g/mol. The maximum Gasteiger partial charge on any atom is 0.222 e. The van der Waals surface area contributed by atoms with Crippen LogP contribution < -0.4 is 4.90 Å². The molecule has 0 radical (unpaired) electrons. The van der Waals surface area contributed by atoms with E-state index >= 15 is 0 Å². The largest absolute Gasteiger partial charge is 0.367 e. The summed E-state index contributed by atoms with van der Waals surface area (Å²) in [5, 5.41) is 0. The van der Waals surface area contributed by atoms with Crippen LogP contribution in [-0.2, 0) is 4.79 Å². The first-order chi connectivity index (χ1) is 9.11. The molecule has 104 valence electrons. The van der Waals surface area contributed by atoms with Crippen molar-refractivity contribution in [2.24, 2.45) is 0 Å². The molecule has 0 aliphatic carbocycles. The second kappa shape index (κ2) is 6.42. The average Bonchev–Trinajstić information content (AvgIpc) is 2.39. The minimum atomic E-state index is 0.296. The van der Waals surface area contributed by atoms with Crippen molar-refractivity contribution in [2.45, 2.75) is 26.7 Å². The SMILES string of the molecule is CCCC(=O)N1CCN(c2ccc(C)cc2Br)CC1. The number of anilines is 1. The van der Waals surface area contributed by atoms with Gasteiger partial charge in [0.15, 0.2) is 0 Å². The number of piperazine rings is 1. The summed E-state index contributed by atoms with van der Waals surface area (Å²) in [6.45, 7) is 7.64. The number of carbonyl (C=O) groups excluding carboxylic acids is 1. The molecule has 1 aliphatic heterocycles. The van der Waals surface area contributed by atoms with Gasteiger partial charge in [-0.3, -0.25) is 4.79 Å². The molecule has 4 heteroatoms. The zero-order valence-electron chi connectivity index (χ0n) is 11.7. The van der Waals surface area contributed by atoms with Gasteiger partial charge >= 0.3 is 0 Å². The van der Waals surface area contributed by atoms with Crippen LogP contribution in [0.2, 0.25) is 0 Å². The second-order valence-corrected chi connectivity index (χ2v) is 5.93. The molecule has 1 aromatic carbocycles. The van der Waals surface area contributed by atoms with Crippen LogP contribution in [0.3, 0.4) is 0 Å². The third-order valence-electron chi connectivity index (χ3n) is 3.54. The summed E-state index contributed by atoms with van der Waals surface area (Å²) in [6, 6.07) is 6.43. The van der Waals surface area contributed by atoms with Crippen LogP contribution >= 0.6 is 15.9 Å². The number of carbonyl (C=O) groups is 1. The minimum Gasteiger partial charge on any atom is -0.367 e. The highest BCUT2D eigenvalue weighted by Gasteiger charge is 2.21. The molecule has 0 aromatic heterocycles. The van der Waals surface area contributed by atoms with Gasteiger partial charge < -0.3 is 9.80 Å². The van der Waals surface area contributed by atoms with Gasteiger partial charge in [0.25, 0.3) is 0 Å². The van der Waals surface area contributed by atoms with E-state index in [0.29, 0.717) is 12.3 Å². The average molecular weight is 325 g/mol. The van der Waals surface area contributed by atoms with Crippen molar-refractivity contribution in [1.82, 2.24) is 4.90 Å². The lowest BCUT2D eigenvalue weighted by atomic mass is 10.2. The molecule has 3 nitrogen and oxygen atoms in total. The van der Waals surface area contributed by atoms with E-state index in [1.54, 1.807) is 0 Å². The standard InChI is InChI=1S/C15H21BrN2O/c1-3-4-15(19)18-9-7-17(8-10-18)14-6-5-12(2)11-13(14)16/h5-6,11H,3-4,7-10H2,1-2H3. The minimum absolute atomic E-state index is 0.296. The van der Waals surface area contributed by atoms with Crippen LogP contribution in [0.25, 0.3) is 0 Å². The van der Waals surface area contributed by atoms with Crippen molar-refractivity contribution in [3.8, 4) is 0 Å². The molecular formula is C15H21BrN2O. The maximum atomic E-state index is 11.9. The van der Waals surface area contributed by atoms with Crippen LogP contribution in [0.1, 0.15) is 25.3 Å². The van der Waals surface area contributed by atoms with Crippen molar-refractivity contribution in [3.05, 3.63) is 28.2 Å². The van der Waals surface area contributed by atoms with Gasteiger partial charge in [0.2, 0.25) is 5.91 Å². The molecule has 0 bridgehead atoms. The molecule has 19 heavy (non-hydrogen) atoms. The first-order valence-corrected chi connectivity index (χ1v) is 7.70. The Morgan fingerprint density at radius 2 is 1.95 bits per heavy atom. The van der Waals surface area contributed by atoms with Gasteiger partial charge in [0, 0.05) is 37.1 Å². The Morgan fingerprint density at radius 1 is 1.26 bits per heavy atom. The van der Waals surface area contributed by atoms with Crippen molar-refractivity contribution in [3.63, 3.8) is 0 Å². The van der Waals surface area contributed by atoms with Crippen molar-refractivity contribution in [2.75, 3.05) is 31.1 Å². The molecule has 0 spiro atoms. The molecule has 1 heterocycles. The van der Waals surface area contributed by atoms with Gasteiger partial charge in [-0.25, -0.2) is 0 Å². The third-order valence-corrected chi connectivity index (χ3v) is 4.18. The van der Waals surface area contributed by atoms with Gasteiger partial charge in [0.1, 0.15) is 0 Å². The molecule has 0 atom stereocenters. The Bertz CT molecular complexity index is 453. The molecule has 1 saturated heterocycles. The van der Waals surface area contributed by atoms with Gasteiger partial charge in [-0.1, -0.05) is 13.0 Å². The molecule has 1 amide bonds. The van der Waals surface area contributed by atoms with Crippen LogP contribution in [0.5, 0.6) is 0 Å². The number of hydrogen-bond donors (Lipinski definition) is 0. The van der Waals surface area contributed by atoms with Crippen molar-refractivity contribution >= 4 is 27.5 Å². The van der Waals surface area contributed by atoms with Crippen LogP contribution in [0, 0.1) is 6.92 Å². The number of nitrogens with zero attached hydrogens (tertiary/aromatic N) is 2. The van der Waals surface area contributed by atoms with Crippen LogP contribution in [0.4, 0.5) is 5.69 Å². The van der Waals surface area contributed by atoms with E-state index < -0.39 is 0 Å². The fraction of sp³-hybridized carbons (Fsp3) is 0.533. The predicted molar refractivity (Wildman–Crippen MR) is 82.6 cm³/mol. The number of amides is 1. The molecule has 2 rings (SSSR count). The summed E-state index contributed by atoms with van der Waals surface area (Å²) in [6.07, 6.45) is 1.61. The van der Waals surface area contributed by atoms with E-state index in [1.807, 2.05) is 4.90 Å². The topological polar surface area (TPSA) is 23.6 Å². The van der Waals surface area contributed by atoms with E-state index in [0.717, 1.165) is 37.1 Å². The van der Waals surface area contributed by atoms with Gasteiger partial charge in [-0.2, -0.15) is 0 Å². The highest BCUT2D eigenvalue weighted by molar-refractivity contribution is 9.10. The summed E-state index contributed by atoms with van der Waals surface area (Å²) in [4.78, 5) is 16.2. The molecule has 0 saturated carbocycles. The fourth-order valence-electron chi connectivity index (χ4n) is 2.44. The lowest BCUT2D eigenvalue weighted by molar-refractivity contribution is -0.131. The highest BCUT2D eigenvalue weighted by atomic mass is 79.9. The monoisotopic (exact) mass is 324 g/mol. The quantitative estimate of drug-likeness (QED) is 0.852. The number of aryl methyl sites for hydroxylation is 1. The summed E-state index contributed by atoms with van der Waals surface area (Å²) in [5.41, 5.74) is 2.49. The Morgan fingerprint density at radius 3 is 2.53 bits per heavy atom. The summed E-state index contributed by atoms with van der Waals surface area (Å²) in [5.74, 6) is 0.296. The third kappa shape index (κ3) is 3.50. The first-order valence-electron chi connectivity index (χ1n) is 6.90. The van der Waals surface area contributed by atoms with Crippen LogP contribution in [0.15, 0.2) is 22.7 Å².